The minimum Gasteiger partial charge on any atom is -0.241 e. The molecule has 2 nitrogen and oxygen atoms in total. The first-order valence-corrected chi connectivity index (χ1v) is 5.06. The molecule has 0 unspecified atom stereocenters. The number of alkyl halides is 2. The van der Waals surface area contributed by atoms with Gasteiger partial charge in [0.2, 0.25) is 0 Å². The molecule has 0 atom stereocenters. The average molecular weight is 273 g/mol. The summed E-state index contributed by atoms with van der Waals surface area (Å²) in [6, 6.07) is 8.57. The average Bonchev–Trinajstić information content (AvgIpc) is 2.68. The number of benzene rings is 1. The first-order valence-electron chi connectivity index (χ1n) is 4.26. The fourth-order valence-corrected chi connectivity index (χ4v) is 1.46. The Hall–Kier alpha value is -1.23. The maximum atomic E-state index is 12.3. The number of aromatic nitrogens is 2. The third-order valence-corrected chi connectivity index (χ3v) is 2.45. The van der Waals surface area contributed by atoms with Crippen LogP contribution in [0.5, 0.6) is 0 Å². The van der Waals surface area contributed by atoms with Crippen LogP contribution in [-0.4, -0.2) is 9.78 Å². The van der Waals surface area contributed by atoms with E-state index in [0.29, 0.717) is 0 Å². The normalized spacial score (nSPS) is 10.9. The van der Waals surface area contributed by atoms with Gasteiger partial charge in [-0.2, -0.15) is 5.10 Å². The maximum Gasteiger partial charge on any atom is 0.282 e. The molecule has 5 heteroatoms. The highest BCUT2D eigenvalue weighted by Crippen LogP contribution is 2.18. The minimum atomic E-state index is -2.53. The topological polar surface area (TPSA) is 17.8 Å². The van der Waals surface area contributed by atoms with Crippen LogP contribution in [0.2, 0.25) is 0 Å². The Morgan fingerprint density at radius 3 is 2.33 bits per heavy atom. The van der Waals surface area contributed by atoms with Gasteiger partial charge in [0.1, 0.15) is 5.69 Å². The summed E-state index contributed by atoms with van der Waals surface area (Å²) in [5, 5.41) is 3.76. The standard InChI is InChI=1S/C10H7BrF2N2/c11-7-1-3-8(4-2-7)15-6-5-9(14-15)10(12)13/h1-6,10H. The molecule has 0 aliphatic carbocycles. The van der Waals surface area contributed by atoms with Crippen molar-refractivity contribution in [2.45, 2.75) is 6.43 Å². The molecule has 2 rings (SSSR count). The fourth-order valence-electron chi connectivity index (χ4n) is 1.19. The summed E-state index contributed by atoms with van der Waals surface area (Å²) in [7, 11) is 0. The first-order chi connectivity index (χ1) is 7.16. The Labute approximate surface area is 93.7 Å². The van der Waals surface area contributed by atoms with Crippen LogP contribution >= 0.6 is 15.9 Å². The number of rotatable bonds is 2. The third-order valence-electron chi connectivity index (χ3n) is 1.92. The van der Waals surface area contributed by atoms with Gasteiger partial charge in [0.05, 0.1) is 5.69 Å². The van der Waals surface area contributed by atoms with Crippen molar-refractivity contribution in [2.24, 2.45) is 0 Å². The van der Waals surface area contributed by atoms with E-state index >= 15 is 0 Å². The van der Waals surface area contributed by atoms with Crippen molar-refractivity contribution in [3.8, 4) is 5.69 Å². The van der Waals surface area contributed by atoms with Crippen LogP contribution in [-0.2, 0) is 0 Å². The molecule has 0 aliphatic heterocycles. The highest BCUT2D eigenvalue weighted by atomic mass is 79.9. The van der Waals surface area contributed by atoms with E-state index in [0.717, 1.165) is 10.2 Å². The number of hydrogen-bond donors (Lipinski definition) is 0. The summed E-state index contributed by atoms with van der Waals surface area (Å²) in [5.74, 6) is 0. The Balaban J connectivity index is 2.33. The van der Waals surface area contributed by atoms with Gasteiger partial charge in [0.15, 0.2) is 0 Å². The molecular weight excluding hydrogens is 266 g/mol. The number of hydrogen-bond acceptors (Lipinski definition) is 1. The predicted octanol–water partition coefficient (Wildman–Crippen LogP) is 3.57. The molecule has 0 fully saturated rings. The molecule has 78 valence electrons. The Bertz CT molecular complexity index is 451. The highest BCUT2D eigenvalue weighted by molar-refractivity contribution is 9.10. The van der Waals surface area contributed by atoms with E-state index in [2.05, 4.69) is 21.0 Å². The third kappa shape index (κ3) is 2.23. The fraction of sp³-hybridized carbons (Fsp3) is 0.100. The van der Waals surface area contributed by atoms with Crippen LogP contribution in [0.1, 0.15) is 12.1 Å². The van der Waals surface area contributed by atoms with E-state index in [9.17, 15) is 8.78 Å². The number of nitrogens with zero attached hydrogens (tertiary/aromatic N) is 2. The van der Waals surface area contributed by atoms with Gasteiger partial charge in [-0.05, 0) is 30.3 Å². The summed E-state index contributed by atoms with van der Waals surface area (Å²) in [6.07, 6.45) is -1.01. The van der Waals surface area contributed by atoms with Crippen LogP contribution in [0.15, 0.2) is 41.0 Å². The van der Waals surface area contributed by atoms with Crippen molar-refractivity contribution < 1.29 is 8.78 Å². The van der Waals surface area contributed by atoms with Crippen molar-refractivity contribution in [1.29, 1.82) is 0 Å². The van der Waals surface area contributed by atoms with Gasteiger partial charge < -0.3 is 0 Å². The quantitative estimate of drug-likeness (QED) is 0.817. The molecule has 0 spiro atoms. The maximum absolute atomic E-state index is 12.3. The van der Waals surface area contributed by atoms with E-state index < -0.39 is 6.43 Å². The van der Waals surface area contributed by atoms with Crippen LogP contribution in [0, 0.1) is 0 Å². The SMILES string of the molecule is FC(F)c1ccn(-c2ccc(Br)cc2)n1. The van der Waals surface area contributed by atoms with Crippen molar-refractivity contribution in [2.75, 3.05) is 0 Å². The summed E-state index contributed by atoms with van der Waals surface area (Å²) >= 11 is 3.30. The molecule has 15 heavy (non-hydrogen) atoms. The number of halogens is 3. The molecule has 0 aliphatic rings. The van der Waals surface area contributed by atoms with E-state index in [4.69, 9.17) is 0 Å². The molecule has 0 amide bonds. The second-order valence-electron chi connectivity index (χ2n) is 2.96. The second kappa shape index (κ2) is 4.10. The molecular formula is C10H7BrF2N2. The lowest BCUT2D eigenvalue weighted by Gasteiger charge is -2.00. The molecule has 0 bridgehead atoms. The van der Waals surface area contributed by atoms with E-state index in [1.165, 1.54) is 16.9 Å². The van der Waals surface area contributed by atoms with Crippen molar-refractivity contribution in [3.05, 3.63) is 46.7 Å². The van der Waals surface area contributed by atoms with Gasteiger partial charge in [0, 0.05) is 10.7 Å². The summed E-state index contributed by atoms with van der Waals surface area (Å²) < 4.78 is 26.9. The largest absolute Gasteiger partial charge is 0.282 e. The second-order valence-corrected chi connectivity index (χ2v) is 3.88. The Kier molecular flexibility index (Phi) is 2.81. The van der Waals surface area contributed by atoms with Gasteiger partial charge in [-0.15, -0.1) is 0 Å². The molecule has 0 saturated carbocycles. The lowest BCUT2D eigenvalue weighted by atomic mass is 10.3. The Morgan fingerprint density at radius 2 is 1.80 bits per heavy atom. The molecule has 1 aromatic carbocycles. The van der Waals surface area contributed by atoms with Crippen LogP contribution in [0.25, 0.3) is 5.69 Å². The summed E-state index contributed by atoms with van der Waals surface area (Å²) in [5.41, 5.74) is 0.544. The summed E-state index contributed by atoms with van der Waals surface area (Å²) in [6.45, 7) is 0. The van der Waals surface area contributed by atoms with Gasteiger partial charge in [-0.1, -0.05) is 15.9 Å². The zero-order chi connectivity index (χ0) is 10.8. The van der Waals surface area contributed by atoms with Gasteiger partial charge >= 0.3 is 0 Å². The van der Waals surface area contributed by atoms with E-state index in [-0.39, 0.29) is 5.69 Å². The van der Waals surface area contributed by atoms with Crippen LogP contribution in [0.3, 0.4) is 0 Å². The molecule has 2 aromatic rings. The molecule has 0 N–H and O–H groups in total. The lowest BCUT2D eigenvalue weighted by Crippen LogP contribution is -1.95. The molecule has 1 heterocycles. The first kappa shape index (κ1) is 10.3. The minimum absolute atomic E-state index is 0.210. The van der Waals surface area contributed by atoms with Crippen LogP contribution in [0.4, 0.5) is 8.78 Å². The van der Waals surface area contributed by atoms with Gasteiger partial charge in [-0.25, -0.2) is 13.5 Å². The smallest absolute Gasteiger partial charge is 0.241 e. The summed E-state index contributed by atoms with van der Waals surface area (Å²) in [4.78, 5) is 0. The van der Waals surface area contributed by atoms with Gasteiger partial charge in [-0.3, -0.25) is 0 Å². The van der Waals surface area contributed by atoms with Crippen molar-refractivity contribution in [1.82, 2.24) is 9.78 Å². The van der Waals surface area contributed by atoms with Crippen LogP contribution < -0.4 is 0 Å². The van der Waals surface area contributed by atoms with Gasteiger partial charge in [0.25, 0.3) is 6.43 Å². The van der Waals surface area contributed by atoms with E-state index in [1.54, 1.807) is 12.1 Å². The molecule has 0 radical (unpaired) electrons. The lowest BCUT2D eigenvalue weighted by molar-refractivity contribution is 0.145. The van der Waals surface area contributed by atoms with E-state index in [1.807, 2.05) is 12.1 Å². The monoisotopic (exact) mass is 272 g/mol. The predicted molar refractivity (Wildman–Crippen MR) is 56.2 cm³/mol. The zero-order valence-electron chi connectivity index (χ0n) is 7.57. The highest BCUT2D eigenvalue weighted by Gasteiger charge is 2.10. The Morgan fingerprint density at radius 1 is 1.13 bits per heavy atom. The molecule has 0 saturated heterocycles. The zero-order valence-corrected chi connectivity index (χ0v) is 9.16. The van der Waals surface area contributed by atoms with Crippen molar-refractivity contribution in [3.63, 3.8) is 0 Å². The van der Waals surface area contributed by atoms with Crippen molar-refractivity contribution >= 4 is 15.9 Å². The molecule has 1 aromatic heterocycles.